The van der Waals surface area contributed by atoms with E-state index in [1.54, 1.807) is 18.2 Å². The number of benzene rings is 2. The van der Waals surface area contributed by atoms with Crippen LogP contribution in [0.25, 0.3) is 11.1 Å². The van der Waals surface area contributed by atoms with Crippen LogP contribution in [0.1, 0.15) is 30.1 Å². The average molecular weight is 378 g/mol. The number of rotatable bonds is 6. The first-order chi connectivity index (χ1) is 12.3. The summed E-state index contributed by atoms with van der Waals surface area (Å²) in [6.07, 6.45) is 0.746. The Bertz CT molecular complexity index is 867. The van der Waals surface area contributed by atoms with Crippen LogP contribution in [0.4, 0.5) is 4.39 Å². The highest BCUT2D eigenvalue weighted by molar-refractivity contribution is 6.31. The quantitative estimate of drug-likeness (QED) is 0.800. The fourth-order valence-corrected chi connectivity index (χ4v) is 2.60. The second-order valence-electron chi connectivity index (χ2n) is 6.18. The molecule has 0 spiro atoms. The van der Waals surface area contributed by atoms with E-state index in [-0.39, 0.29) is 17.4 Å². The van der Waals surface area contributed by atoms with Crippen molar-refractivity contribution in [2.24, 2.45) is 0 Å². The van der Waals surface area contributed by atoms with Crippen molar-refractivity contribution in [3.63, 3.8) is 0 Å². The molecule has 0 saturated heterocycles. The Balaban J connectivity index is 1.92. The van der Waals surface area contributed by atoms with Gasteiger partial charge in [-0.1, -0.05) is 17.7 Å². The molecule has 1 aliphatic rings. The normalized spacial score (nSPS) is 14.6. The van der Waals surface area contributed by atoms with Gasteiger partial charge in [0.2, 0.25) is 0 Å². The molecule has 2 aromatic rings. The van der Waals surface area contributed by atoms with Crippen molar-refractivity contribution in [3.8, 4) is 16.9 Å². The summed E-state index contributed by atoms with van der Waals surface area (Å²) < 4.78 is 19.9. The Morgan fingerprint density at radius 2 is 2.00 bits per heavy atom. The van der Waals surface area contributed by atoms with Crippen LogP contribution in [0.2, 0.25) is 5.02 Å². The van der Waals surface area contributed by atoms with Crippen molar-refractivity contribution in [1.82, 2.24) is 5.32 Å². The second-order valence-corrected chi connectivity index (χ2v) is 6.62. The zero-order valence-electron chi connectivity index (χ0n) is 14.0. The monoisotopic (exact) mass is 377 g/mol. The highest BCUT2D eigenvalue weighted by Gasteiger charge is 2.25. The zero-order chi connectivity index (χ0) is 18.8. The number of nitrogens with one attached hydrogen (secondary N) is 1. The van der Waals surface area contributed by atoms with E-state index in [1.165, 1.54) is 25.1 Å². The molecule has 7 heteroatoms. The summed E-state index contributed by atoms with van der Waals surface area (Å²) in [5.41, 5.74) is 0.836. The number of carboxylic acid groups (broad SMARTS) is 1. The number of hydrogen-bond acceptors (Lipinski definition) is 3. The van der Waals surface area contributed by atoms with E-state index in [0.29, 0.717) is 16.1 Å². The molecule has 0 aliphatic heterocycles. The number of carbonyl (C=O) groups excluding carboxylic acids is 1. The van der Waals surface area contributed by atoms with Crippen LogP contribution < -0.4 is 10.1 Å². The molecule has 136 valence electrons. The van der Waals surface area contributed by atoms with Crippen LogP contribution in [0.5, 0.6) is 5.75 Å². The van der Waals surface area contributed by atoms with Gasteiger partial charge in [0.05, 0.1) is 5.56 Å². The van der Waals surface area contributed by atoms with Gasteiger partial charge >= 0.3 is 5.97 Å². The van der Waals surface area contributed by atoms with E-state index in [9.17, 15) is 14.0 Å². The van der Waals surface area contributed by atoms with Crippen molar-refractivity contribution in [1.29, 1.82) is 0 Å². The standard InChI is InChI=1S/C19H17ClFNO4/c1-10(19(24)25)26-17-7-3-12(20)9-15(17)11-2-6-14(16(21)8-11)18(23)22-13-4-5-13/h2-3,6-10,13H,4-5H2,1H3,(H,22,23)(H,24,25). The minimum atomic E-state index is -1.12. The van der Waals surface area contributed by atoms with Crippen LogP contribution in [0, 0.1) is 5.82 Å². The van der Waals surface area contributed by atoms with Gasteiger partial charge in [-0.25, -0.2) is 9.18 Å². The SMILES string of the molecule is CC(Oc1ccc(Cl)cc1-c1ccc(C(=O)NC2CC2)c(F)c1)C(=O)O. The predicted molar refractivity (Wildman–Crippen MR) is 95.1 cm³/mol. The van der Waals surface area contributed by atoms with Crippen LogP contribution in [-0.4, -0.2) is 29.1 Å². The second kappa shape index (κ2) is 7.33. The topological polar surface area (TPSA) is 75.6 Å². The molecule has 1 aliphatic carbocycles. The molecule has 0 bridgehead atoms. The number of amides is 1. The van der Waals surface area contributed by atoms with Gasteiger partial charge < -0.3 is 15.2 Å². The Morgan fingerprint density at radius 1 is 1.27 bits per heavy atom. The molecule has 1 fully saturated rings. The fourth-order valence-electron chi connectivity index (χ4n) is 2.43. The van der Waals surface area contributed by atoms with Crippen LogP contribution in [0.3, 0.4) is 0 Å². The van der Waals surface area contributed by atoms with Gasteiger partial charge in [-0.3, -0.25) is 4.79 Å². The van der Waals surface area contributed by atoms with Crippen molar-refractivity contribution >= 4 is 23.5 Å². The molecule has 0 aromatic heterocycles. The predicted octanol–water partition coefficient (Wildman–Crippen LogP) is 3.89. The van der Waals surface area contributed by atoms with E-state index < -0.39 is 23.8 Å². The summed E-state index contributed by atoms with van der Waals surface area (Å²) in [4.78, 5) is 23.1. The van der Waals surface area contributed by atoms with E-state index in [0.717, 1.165) is 12.8 Å². The lowest BCUT2D eigenvalue weighted by Gasteiger charge is -2.15. The van der Waals surface area contributed by atoms with Crippen LogP contribution >= 0.6 is 11.6 Å². The third kappa shape index (κ3) is 4.14. The number of ether oxygens (including phenoxy) is 1. The first-order valence-corrected chi connectivity index (χ1v) is 8.52. The van der Waals surface area contributed by atoms with Gasteiger partial charge in [-0.15, -0.1) is 0 Å². The fraction of sp³-hybridized carbons (Fsp3) is 0.263. The lowest BCUT2D eigenvalue weighted by molar-refractivity contribution is -0.144. The molecule has 26 heavy (non-hydrogen) atoms. The Labute approximate surface area is 154 Å². The molecule has 2 aromatic carbocycles. The summed E-state index contributed by atoms with van der Waals surface area (Å²) in [6, 6.07) is 8.97. The lowest BCUT2D eigenvalue weighted by atomic mass is 10.0. The molecule has 0 heterocycles. The summed E-state index contributed by atoms with van der Waals surface area (Å²) >= 11 is 6.02. The molecule has 0 radical (unpaired) electrons. The number of carboxylic acids is 1. The van der Waals surface area contributed by atoms with Gasteiger partial charge in [-0.2, -0.15) is 0 Å². The zero-order valence-corrected chi connectivity index (χ0v) is 14.7. The molecular formula is C19H17ClFNO4. The molecule has 5 nitrogen and oxygen atoms in total. The summed E-state index contributed by atoms with van der Waals surface area (Å²) in [5.74, 6) is -1.97. The minimum absolute atomic E-state index is 0.0379. The summed E-state index contributed by atoms with van der Waals surface area (Å²) in [7, 11) is 0. The number of hydrogen-bond donors (Lipinski definition) is 2. The van der Waals surface area contributed by atoms with Crippen molar-refractivity contribution in [2.45, 2.75) is 31.9 Å². The van der Waals surface area contributed by atoms with Crippen LogP contribution in [-0.2, 0) is 4.79 Å². The van der Waals surface area contributed by atoms with Gasteiger partial charge in [-0.05, 0) is 55.7 Å². The van der Waals surface area contributed by atoms with E-state index in [2.05, 4.69) is 5.32 Å². The highest BCUT2D eigenvalue weighted by Crippen LogP contribution is 2.34. The molecule has 1 amide bonds. The Morgan fingerprint density at radius 3 is 2.62 bits per heavy atom. The van der Waals surface area contributed by atoms with Gasteiger partial charge in [0, 0.05) is 16.6 Å². The van der Waals surface area contributed by atoms with Crippen LogP contribution in [0.15, 0.2) is 36.4 Å². The van der Waals surface area contributed by atoms with E-state index >= 15 is 0 Å². The maximum Gasteiger partial charge on any atom is 0.344 e. The Hall–Kier alpha value is -2.60. The minimum Gasteiger partial charge on any atom is -0.479 e. The van der Waals surface area contributed by atoms with Gasteiger partial charge in [0.1, 0.15) is 11.6 Å². The number of halogens is 2. The third-order valence-corrected chi connectivity index (χ3v) is 4.27. The number of carbonyl (C=O) groups is 2. The van der Waals surface area contributed by atoms with Crippen molar-refractivity contribution in [3.05, 3.63) is 52.8 Å². The van der Waals surface area contributed by atoms with E-state index in [1.807, 2.05) is 0 Å². The largest absolute Gasteiger partial charge is 0.479 e. The molecule has 2 N–H and O–H groups in total. The lowest BCUT2D eigenvalue weighted by Crippen LogP contribution is -2.26. The van der Waals surface area contributed by atoms with Gasteiger partial charge in [0.15, 0.2) is 6.10 Å². The highest BCUT2D eigenvalue weighted by atomic mass is 35.5. The average Bonchev–Trinajstić information content (AvgIpc) is 3.40. The maximum atomic E-state index is 14.5. The summed E-state index contributed by atoms with van der Waals surface area (Å²) in [6.45, 7) is 1.40. The first-order valence-electron chi connectivity index (χ1n) is 8.15. The van der Waals surface area contributed by atoms with E-state index in [4.69, 9.17) is 21.4 Å². The molecule has 1 unspecified atom stereocenters. The molecular weight excluding hydrogens is 361 g/mol. The third-order valence-electron chi connectivity index (χ3n) is 4.03. The molecule has 1 saturated carbocycles. The molecule has 1 atom stereocenters. The summed E-state index contributed by atoms with van der Waals surface area (Å²) in [5, 5.41) is 12.2. The molecule has 3 rings (SSSR count). The first kappa shape index (κ1) is 18.2. The number of aliphatic carboxylic acids is 1. The maximum absolute atomic E-state index is 14.5. The van der Waals surface area contributed by atoms with Crippen molar-refractivity contribution < 1.29 is 23.8 Å². The van der Waals surface area contributed by atoms with Gasteiger partial charge in [0.25, 0.3) is 5.91 Å². The Kier molecular flexibility index (Phi) is 5.13. The smallest absolute Gasteiger partial charge is 0.344 e. The van der Waals surface area contributed by atoms with Crippen molar-refractivity contribution in [2.75, 3.05) is 0 Å².